The number of aliphatic carboxylic acids is 1. The van der Waals surface area contributed by atoms with Crippen molar-refractivity contribution in [2.75, 3.05) is 44.7 Å². The molecule has 0 aliphatic carbocycles. The van der Waals surface area contributed by atoms with E-state index in [2.05, 4.69) is 10.4 Å². The molecule has 4 rings (SSSR count). The molecule has 1 atom stereocenters. The summed E-state index contributed by atoms with van der Waals surface area (Å²) in [6.45, 7) is 5.68. The maximum absolute atomic E-state index is 12.7. The van der Waals surface area contributed by atoms with Gasteiger partial charge in [0.2, 0.25) is 0 Å². The van der Waals surface area contributed by atoms with E-state index in [-0.39, 0.29) is 18.5 Å². The molecule has 0 spiro atoms. The number of fused-ring (bicyclic) bond motifs is 1. The summed E-state index contributed by atoms with van der Waals surface area (Å²) in [5.74, 6) is -1.02. The lowest BCUT2D eigenvalue weighted by Gasteiger charge is -2.34. The number of rotatable bonds is 6. The molecule has 2 aromatic rings. The summed E-state index contributed by atoms with van der Waals surface area (Å²) in [4.78, 5) is 25.8. The van der Waals surface area contributed by atoms with Gasteiger partial charge in [-0.2, -0.15) is 5.10 Å². The quantitative estimate of drug-likeness (QED) is 0.676. The van der Waals surface area contributed by atoms with Crippen LogP contribution < -0.4 is 5.32 Å². The first-order valence-corrected chi connectivity index (χ1v) is 10.9. The van der Waals surface area contributed by atoms with Crippen LogP contribution in [0.5, 0.6) is 0 Å². The second kappa shape index (κ2) is 9.93. The van der Waals surface area contributed by atoms with Crippen LogP contribution in [-0.4, -0.2) is 72.5 Å². The van der Waals surface area contributed by atoms with Crippen LogP contribution in [0.1, 0.15) is 40.0 Å². The van der Waals surface area contributed by atoms with Crippen LogP contribution in [0.4, 0.5) is 5.69 Å². The zero-order valence-corrected chi connectivity index (χ0v) is 18.2. The highest BCUT2D eigenvalue weighted by Gasteiger charge is 2.25. The predicted molar refractivity (Wildman–Crippen MR) is 122 cm³/mol. The van der Waals surface area contributed by atoms with Gasteiger partial charge >= 0.3 is 5.97 Å². The third-order valence-electron chi connectivity index (χ3n) is 5.94. The van der Waals surface area contributed by atoms with Crippen molar-refractivity contribution in [3.05, 3.63) is 64.7 Å². The lowest BCUT2D eigenvalue weighted by Crippen LogP contribution is -2.37. The minimum absolute atomic E-state index is 0.0123. The van der Waals surface area contributed by atoms with Gasteiger partial charge in [0.1, 0.15) is 0 Å². The third-order valence-corrected chi connectivity index (χ3v) is 5.94. The van der Waals surface area contributed by atoms with Gasteiger partial charge in [0.15, 0.2) is 0 Å². The first-order chi connectivity index (χ1) is 15.5. The highest BCUT2D eigenvalue weighted by atomic mass is 16.5. The van der Waals surface area contributed by atoms with E-state index >= 15 is 0 Å². The average molecular weight is 437 g/mol. The number of hydrazone groups is 1. The Hall–Kier alpha value is -3.23. The monoisotopic (exact) mass is 436 g/mol. The molecule has 2 heterocycles. The SMILES string of the molecule is CC1c2cc(NC(=O)c3ccc(C=NN4CCOCC4)cc3)ccc2CCN1CC(=O)O. The van der Waals surface area contributed by atoms with E-state index in [1.165, 1.54) is 5.56 Å². The van der Waals surface area contributed by atoms with Crippen molar-refractivity contribution in [1.82, 2.24) is 9.91 Å². The molecular formula is C24H28N4O4. The molecule has 168 valence electrons. The molecule has 1 amide bonds. The van der Waals surface area contributed by atoms with E-state index in [1.807, 2.05) is 47.2 Å². The predicted octanol–water partition coefficient (Wildman–Crippen LogP) is 2.61. The minimum atomic E-state index is -0.830. The molecule has 0 aromatic heterocycles. The van der Waals surface area contributed by atoms with Crippen LogP contribution in [0.15, 0.2) is 47.6 Å². The summed E-state index contributed by atoms with van der Waals surface area (Å²) in [5, 5.41) is 18.5. The molecule has 2 aromatic carbocycles. The number of carboxylic acids is 1. The van der Waals surface area contributed by atoms with E-state index < -0.39 is 5.97 Å². The van der Waals surface area contributed by atoms with E-state index in [4.69, 9.17) is 9.84 Å². The molecule has 8 nitrogen and oxygen atoms in total. The van der Waals surface area contributed by atoms with Crippen molar-refractivity contribution in [2.24, 2.45) is 5.10 Å². The number of amides is 1. The van der Waals surface area contributed by atoms with Crippen LogP contribution in [0.25, 0.3) is 0 Å². The molecule has 32 heavy (non-hydrogen) atoms. The standard InChI is InChI=1S/C24H28N4O4/c1-17-22-14-21(7-6-19(22)8-9-27(17)16-23(29)30)26-24(31)20-4-2-18(3-5-20)15-25-28-10-12-32-13-11-28/h2-7,14-15,17H,8-13,16H2,1H3,(H,26,31)(H,29,30). The zero-order chi connectivity index (χ0) is 22.5. The van der Waals surface area contributed by atoms with Gasteiger partial charge in [-0.15, -0.1) is 0 Å². The second-order valence-corrected chi connectivity index (χ2v) is 8.09. The molecule has 8 heteroatoms. The number of nitrogens with zero attached hydrogens (tertiary/aromatic N) is 3. The Morgan fingerprint density at radius 3 is 2.62 bits per heavy atom. The Labute approximate surface area is 187 Å². The Morgan fingerprint density at radius 1 is 1.16 bits per heavy atom. The normalized spacial score (nSPS) is 19.0. The number of carbonyl (C=O) groups excluding carboxylic acids is 1. The first-order valence-electron chi connectivity index (χ1n) is 10.9. The summed E-state index contributed by atoms with van der Waals surface area (Å²) < 4.78 is 5.31. The number of hydrogen-bond acceptors (Lipinski definition) is 6. The van der Waals surface area contributed by atoms with Crippen LogP contribution in [0, 0.1) is 0 Å². The summed E-state index contributed by atoms with van der Waals surface area (Å²) >= 11 is 0. The van der Waals surface area contributed by atoms with Crippen molar-refractivity contribution in [1.29, 1.82) is 0 Å². The molecule has 1 fully saturated rings. The average Bonchev–Trinajstić information content (AvgIpc) is 2.80. The van der Waals surface area contributed by atoms with Gasteiger partial charge in [-0.05, 0) is 54.3 Å². The van der Waals surface area contributed by atoms with Gasteiger partial charge in [-0.25, -0.2) is 0 Å². The van der Waals surface area contributed by atoms with Gasteiger partial charge in [-0.1, -0.05) is 18.2 Å². The van der Waals surface area contributed by atoms with Crippen LogP contribution in [0.2, 0.25) is 0 Å². The second-order valence-electron chi connectivity index (χ2n) is 8.09. The number of ether oxygens (including phenoxy) is 1. The van der Waals surface area contributed by atoms with Crippen molar-refractivity contribution in [2.45, 2.75) is 19.4 Å². The van der Waals surface area contributed by atoms with Crippen molar-refractivity contribution in [3.63, 3.8) is 0 Å². The maximum Gasteiger partial charge on any atom is 0.317 e. The van der Waals surface area contributed by atoms with Gasteiger partial charge in [0.05, 0.1) is 39.1 Å². The number of hydrogen-bond donors (Lipinski definition) is 2. The fourth-order valence-corrected chi connectivity index (χ4v) is 4.07. The van der Waals surface area contributed by atoms with Crippen molar-refractivity contribution < 1.29 is 19.4 Å². The number of nitrogens with one attached hydrogen (secondary N) is 1. The van der Waals surface area contributed by atoms with Gasteiger partial charge < -0.3 is 15.2 Å². The topological polar surface area (TPSA) is 94.5 Å². The Balaban J connectivity index is 1.40. The Morgan fingerprint density at radius 2 is 1.91 bits per heavy atom. The maximum atomic E-state index is 12.7. The molecule has 0 saturated carbocycles. The fraction of sp³-hybridized carbons (Fsp3) is 0.375. The summed E-state index contributed by atoms with van der Waals surface area (Å²) in [6.07, 6.45) is 2.59. The van der Waals surface area contributed by atoms with Crippen LogP contribution >= 0.6 is 0 Å². The first kappa shape index (κ1) is 22.0. The van der Waals surface area contributed by atoms with Gasteiger partial charge in [-0.3, -0.25) is 19.5 Å². The molecular weight excluding hydrogens is 408 g/mol. The minimum Gasteiger partial charge on any atom is -0.480 e. The molecule has 1 unspecified atom stereocenters. The Kier molecular flexibility index (Phi) is 6.82. The largest absolute Gasteiger partial charge is 0.480 e. The third kappa shape index (κ3) is 5.33. The molecule has 2 N–H and O–H groups in total. The van der Waals surface area contributed by atoms with Crippen molar-refractivity contribution in [3.8, 4) is 0 Å². The van der Waals surface area contributed by atoms with E-state index in [9.17, 15) is 9.59 Å². The zero-order valence-electron chi connectivity index (χ0n) is 18.2. The van der Waals surface area contributed by atoms with Gasteiger partial charge in [0.25, 0.3) is 5.91 Å². The lowest BCUT2D eigenvalue weighted by atomic mass is 9.93. The van der Waals surface area contributed by atoms with E-state index in [0.717, 1.165) is 30.6 Å². The molecule has 0 bridgehead atoms. The van der Waals surface area contributed by atoms with Gasteiger partial charge in [0, 0.05) is 23.8 Å². The highest BCUT2D eigenvalue weighted by molar-refractivity contribution is 6.04. The highest BCUT2D eigenvalue weighted by Crippen LogP contribution is 2.31. The lowest BCUT2D eigenvalue weighted by molar-refractivity contribution is -0.139. The molecule has 1 saturated heterocycles. The fourth-order valence-electron chi connectivity index (χ4n) is 4.07. The number of benzene rings is 2. The molecule has 0 radical (unpaired) electrons. The number of morpholine rings is 1. The van der Waals surface area contributed by atoms with Crippen molar-refractivity contribution >= 4 is 23.8 Å². The summed E-state index contributed by atoms with van der Waals surface area (Å²) in [7, 11) is 0. The van der Waals surface area contributed by atoms with E-state index in [0.29, 0.717) is 31.0 Å². The number of carbonyl (C=O) groups is 2. The number of carboxylic acid groups (broad SMARTS) is 1. The smallest absolute Gasteiger partial charge is 0.317 e. The molecule has 2 aliphatic heterocycles. The van der Waals surface area contributed by atoms with Crippen LogP contribution in [-0.2, 0) is 16.0 Å². The van der Waals surface area contributed by atoms with E-state index in [1.54, 1.807) is 18.3 Å². The summed E-state index contributed by atoms with van der Waals surface area (Å²) in [6, 6.07) is 13.2. The van der Waals surface area contributed by atoms with Crippen LogP contribution in [0.3, 0.4) is 0 Å². The summed E-state index contributed by atoms with van der Waals surface area (Å²) in [5.41, 5.74) is 4.45. The Bertz CT molecular complexity index is 1000. The molecule has 2 aliphatic rings. The number of anilines is 1.